The summed E-state index contributed by atoms with van der Waals surface area (Å²) in [7, 11) is 0. The molecule has 0 aliphatic heterocycles. The van der Waals surface area contributed by atoms with Crippen LogP contribution >= 0.6 is 0 Å². The van der Waals surface area contributed by atoms with E-state index in [1.165, 1.54) is 24.8 Å². The lowest BCUT2D eigenvalue weighted by molar-refractivity contribution is -0.120. The molecule has 1 aromatic rings. The predicted octanol–water partition coefficient (Wildman–Crippen LogP) is 2.85. The Morgan fingerprint density at radius 2 is 1.88 bits per heavy atom. The first kappa shape index (κ1) is 11.2. The number of amides is 1. The lowest BCUT2D eigenvalue weighted by atomic mass is 9.80. The molecule has 0 saturated heterocycles. The van der Waals surface area contributed by atoms with Crippen LogP contribution in [-0.4, -0.2) is 11.9 Å². The van der Waals surface area contributed by atoms with Crippen LogP contribution < -0.4 is 5.32 Å². The zero-order valence-electron chi connectivity index (χ0n) is 9.78. The van der Waals surface area contributed by atoms with Gasteiger partial charge in [-0.1, -0.05) is 43.2 Å². The molecule has 0 radical (unpaired) electrons. The molecule has 1 aliphatic rings. The number of hydrogen-bond donors (Lipinski definition) is 1. The number of rotatable bonds is 2. The molecule has 1 N–H and O–H groups in total. The van der Waals surface area contributed by atoms with E-state index < -0.39 is 0 Å². The molecule has 0 aromatic heterocycles. The summed E-state index contributed by atoms with van der Waals surface area (Å²) in [4.78, 5) is 11.2. The highest BCUT2D eigenvalue weighted by Crippen LogP contribution is 2.32. The number of carbonyl (C=O) groups is 1. The zero-order chi connectivity index (χ0) is 11.4. The average Bonchev–Trinajstić information content (AvgIpc) is 2.30. The molecule has 2 nitrogen and oxygen atoms in total. The van der Waals surface area contributed by atoms with Crippen molar-refractivity contribution in [3.05, 3.63) is 35.9 Å². The molecular formula is C14H19NO. The van der Waals surface area contributed by atoms with Crippen molar-refractivity contribution in [1.82, 2.24) is 5.32 Å². The van der Waals surface area contributed by atoms with E-state index in [0.717, 1.165) is 6.42 Å². The summed E-state index contributed by atoms with van der Waals surface area (Å²) in [5.41, 5.74) is 1.36. The summed E-state index contributed by atoms with van der Waals surface area (Å²) >= 11 is 0. The predicted molar refractivity (Wildman–Crippen MR) is 65.3 cm³/mol. The van der Waals surface area contributed by atoms with Crippen LogP contribution in [0.2, 0.25) is 0 Å². The third-order valence-electron chi connectivity index (χ3n) is 3.38. The Kier molecular flexibility index (Phi) is 3.60. The van der Waals surface area contributed by atoms with Gasteiger partial charge in [0.1, 0.15) is 0 Å². The molecule has 0 spiro atoms. The third kappa shape index (κ3) is 2.63. The van der Waals surface area contributed by atoms with Gasteiger partial charge in [-0.3, -0.25) is 4.79 Å². The Morgan fingerprint density at radius 3 is 2.56 bits per heavy atom. The first-order valence-corrected chi connectivity index (χ1v) is 6.09. The van der Waals surface area contributed by atoms with E-state index in [-0.39, 0.29) is 5.91 Å². The van der Waals surface area contributed by atoms with E-state index in [0.29, 0.717) is 12.0 Å². The number of hydrogen-bond acceptors (Lipinski definition) is 1. The average molecular weight is 217 g/mol. The lowest BCUT2D eigenvalue weighted by Crippen LogP contribution is -2.39. The molecule has 1 amide bonds. The minimum absolute atomic E-state index is 0.0906. The van der Waals surface area contributed by atoms with Crippen molar-refractivity contribution in [2.24, 2.45) is 0 Å². The molecule has 2 atom stereocenters. The van der Waals surface area contributed by atoms with Gasteiger partial charge in [0.05, 0.1) is 0 Å². The second-order valence-electron chi connectivity index (χ2n) is 4.61. The van der Waals surface area contributed by atoms with Crippen LogP contribution in [0, 0.1) is 0 Å². The summed E-state index contributed by atoms with van der Waals surface area (Å²) in [6.07, 6.45) is 4.80. The molecule has 1 aliphatic carbocycles. The van der Waals surface area contributed by atoms with Crippen LogP contribution in [0.1, 0.15) is 44.1 Å². The van der Waals surface area contributed by atoms with E-state index in [1.807, 2.05) is 6.07 Å². The smallest absolute Gasteiger partial charge is 0.217 e. The maximum Gasteiger partial charge on any atom is 0.217 e. The molecule has 0 unspecified atom stereocenters. The van der Waals surface area contributed by atoms with Crippen molar-refractivity contribution < 1.29 is 4.79 Å². The van der Waals surface area contributed by atoms with Gasteiger partial charge < -0.3 is 5.32 Å². The maximum absolute atomic E-state index is 11.2. The van der Waals surface area contributed by atoms with Crippen LogP contribution in [0.3, 0.4) is 0 Å². The van der Waals surface area contributed by atoms with Gasteiger partial charge in [-0.25, -0.2) is 0 Å². The minimum atomic E-state index is 0.0906. The molecule has 0 heterocycles. The monoisotopic (exact) mass is 217 g/mol. The fourth-order valence-corrected chi connectivity index (χ4v) is 2.66. The van der Waals surface area contributed by atoms with Gasteiger partial charge in [0, 0.05) is 18.9 Å². The Hall–Kier alpha value is -1.31. The van der Waals surface area contributed by atoms with Gasteiger partial charge in [0.15, 0.2) is 0 Å². The molecule has 2 rings (SSSR count). The summed E-state index contributed by atoms with van der Waals surface area (Å²) in [5, 5.41) is 3.09. The van der Waals surface area contributed by atoms with Gasteiger partial charge in [-0.05, 0) is 18.4 Å². The fourth-order valence-electron chi connectivity index (χ4n) is 2.66. The Morgan fingerprint density at radius 1 is 1.19 bits per heavy atom. The molecule has 1 saturated carbocycles. The van der Waals surface area contributed by atoms with Crippen LogP contribution in [0.25, 0.3) is 0 Å². The Bertz CT molecular complexity index is 347. The molecule has 1 fully saturated rings. The normalized spacial score (nSPS) is 25.1. The Balaban J connectivity index is 2.13. The second kappa shape index (κ2) is 5.15. The van der Waals surface area contributed by atoms with E-state index in [1.54, 1.807) is 6.92 Å². The zero-order valence-corrected chi connectivity index (χ0v) is 9.78. The van der Waals surface area contributed by atoms with Crippen LogP contribution in [0.5, 0.6) is 0 Å². The molecule has 1 aromatic carbocycles. The van der Waals surface area contributed by atoms with Crippen molar-refractivity contribution in [2.45, 2.75) is 44.6 Å². The summed E-state index contributed by atoms with van der Waals surface area (Å²) < 4.78 is 0. The first-order chi connectivity index (χ1) is 7.77. The minimum Gasteiger partial charge on any atom is -0.353 e. The molecule has 86 valence electrons. The maximum atomic E-state index is 11.2. The molecule has 0 bridgehead atoms. The topological polar surface area (TPSA) is 29.1 Å². The molecule has 2 heteroatoms. The SMILES string of the molecule is CC(=O)N[C@@H]1CCCC[C@@H]1c1ccccc1. The van der Waals surface area contributed by atoms with Gasteiger partial charge in [0.2, 0.25) is 5.91 Å². The fraction of sp³-hybridized carbons (Fsp3) is 0.500. The van der Waals surface area contributed by atoms with Gasteiger partial charge >= 0.3 is 0 Å². The molecular weight excluding hydrogens is 198 g/mol. The highest BCUT2D eigenvalue weighted by atomic mass is 16.1. The van der Waals surface area contributed by atoms with Crippen molar-refractivity contribution in [1.29, 1.82) is 0 Å². The van der Waals surface area contributed by atoms with Crippen LogP contribution in [-0.2, 0) is 4.79 Å². The van der Waals surface area contributed by atoms with Crippen LogP contribution in [0.15, 0.2) is 30.3 Å². The summed E-state index contributed by atoms with van der Waals surface area (Å²) in [6.45, 7) is 1.61. The van der Waals surface area contributed by atoms with E-state index >= 15 is 0 Å². The first-order valence-electron chi connectivity index (χ1n) is 6.09. The number of benzene rings is 1. The van der Waals surface area contributed by atoms with Crippen molar-refractivity contribution in [3.8, 4) is 0 Å². The highest BCUT2D eigenvalue weighted by molar-refractivity contribution is 5.73. The molecule has 16 heavy (non-hydrogen) atoms. The highest BCUT2D eigenvalue weighted by Gasteiger charge is 2.26. The van der Waals surface area contributed by atoms with E-state index in [4.69, 9.17) is 0 Å². The number of carbonyl (C=O) groups excluding carboxylic acids is 1. The van der Waals surface area contributed by atoms with Crippen molar-refractivity contribution in [2.75, 3.05) is 0 Å². The quantitative estimate of drug-likeness (QED) is 0.811. The van der Waals surface area contributed by atoms with E-state index in [9.17, 15) is 4.79 Å². The van der Waals surface area contributed by atoms with Gasteiger partial charge in [-0.2, -0.15) is 0 Å². The number of nitrogens with one attached hydrogen (secondary N) is 1. The lowest BCUT2D eigenvalue weighted by Gasteiger charge is -2.32. The van der Waals surface area contributed by atoms with Gasteiger partial charge in [0.25, 0.3) is 0 Å². The summed E-state index contributed by atoms with van der Waals surface area (Å²) in [5.74, 6) is 0.590. The van der Waals surface area contributed by atoms with E-state index in [2.05, 4.69) is 29.6 Å². The van der Waals surface area contributed by atoms with Crippen LogP contribution in [0.4, 0.5) is 0 Å². The Labute approximate surface area is 97.1 Å². The van der Waals surface area contributed by atoms with Gasteiger partial charge in [-0.15, -0.1) is 0 Å². The second-order valence-corrected chi connectivity index (χ2v) is 4.61. The summed E-state index contributed by atoms with van der Waals surface area (Å²) in [6, 6.07) is 10.9. The third-order valence-corrected chi connectivity index (χ3v) is 3.38. The largest absolute Gasteiger partial charge is 0.353 e. The van der Waals surface area contributed by atoms with Crippen molar-refractivity contribution >= 4 is 5.91 Å². The standard InChI is InChI=1S/C14H19NO/c1-11(16)15-14-10-6-5-9-13(14)12-7-3-2-4-8-12/h2-4,7-8,13-14H,5-6,9-10H2,1H3,(H,15,16)/t13-,14-/m1/s1. The van der Waals surface area contributed by atoms with Crippen molar-refractivity contribution in [3.63, 3.8) is 0 Å².